The number of rotatable bonds is 5. The van der Waals surface area contributed by atoms with Gasteiger partial charge in [-0.3, -0.25) is 9.00 Å². The molecule has 8 heteroatoms. The van der Waals surface area contributed by atoms with Crippen LogP contribution in [-0.2, 0) is 17.8 Å². The molecule has 2 rings (SSSR count). The Labute approximate surface area is 140 Å². The minimum atomic E-state index is -2.79. The summed E-state index contributed by atoms with van der Waals surface area (Å²) in [6, 6.07) is 14.1. The Morgan fingerprint density at radius 3 is 2.22 bits per heavy atom. The first kappa shape index (κ1) is 17.1. The molecule has 0 aromatic heterocycles. The number of hydrogen-bond donors (Lipinski definition) is 0. The SMILES string of the molecule is O=C(Cl)c1ccc(OC(=O)N(Cc2ccccc2)S(=O)[O-])cc1. The van der Waals surface area contributed by atoms with Gasteiger partial charge in [0.2, 0.25) is 0 Å². The van der Waals surface area contributed by atoms with Gasteiger partial charge in [0.1, 0.15) is 5.75 Å². The molecule has 0 bridgehead atoms. The Bertz CT molecular complexity index is 720. The van der Waals surface area contributed by atoms with E-state index >= 15 is 0 Å². The maximum atomic E-state index is 12.0. The molecule has 0 saturated heterocycles. The van der Waals surface area contributed by atoms with Gasteiger partial charge in [0.05, 0.1) is 17.8 Å². The van der Waals surface area contributed by atoms with Crippen LogP contribution in [0.5, 0.6) is 5.75 Å². The molecule has 0 heterocycles. The van der Waals surface area contributed by atoms with Gasteiger partial charge in [-0.15, -0.1) is 0 Å². The highest BCUT2D eigenvalue weighted by atomic mass is 35.5. The van der Waals surface area contributed by atoms with Crippen LogP contribution in [0.1, 0.15) is 15.9 Å². The molecule has 0 fully saturated rings. The molecule has 6 nitrogen and oxygen atoms in total. The van der Waals surface area contributed by atoms with Gasteiger partial charge in [-0.2, -0.15) is 0 Å². The van der Waals surface area contributed by atoms with Gasteiger partial charge in [0.15, 0.2) is 0 Å². The van der Waals surface area contributed by atoms with Crippen molar-refractivity contribution in [1.82, 2.24) is 4.31 Å². The van der Waals surface area contributed by atoms with Crippen LogP contribution in [0.4, 0.5) is 4.79 Å². The van der Waals surface area contributed by atoms with E-state index in [0.29, 0.717) is 9.87 Å². The molecule has 0 saturated carbocycles. The van der Waals surface area contributed by atoms with Crippen molar-refractivity contribution in [1.29, 1.82) is 0 Å². The quantitative estimate of drug-likeness (QED) is 0.610. The van der Waals surface area contributed by atoms with Crippen molar-refractivity contribution in [3.05, 3.63) is 65.7 Å². The fraction of sp³-hybridized carbons (Fsp3) is 0.0667. The zero-order valence-electron chi connectivity index (χ0n) is 11.7. The summed E-state index contributed by atoms with van der Waals surface area (Å²) >= 11 is 2.52. The van der Waals surface area contributed by atoms with Gasteiger partial charge < -0.3 is 9.29 Å². The number of carbonyl (C=O) groups is 2. The average Bonchev–Trinajstić information content (AvgIpc) is 2.53. The molecule has 2 aromatic carbocycles. The van der Waals surface area contributed by atoms with E-state index < -0.39 is 22.6 Å². The summed E-state index contributed by atoms with van der Waals surface area (Å²) in [5.74, 6) is 0.0974. The van der Waals surface area contributed by atoms with Gasteiger partial charge in [-0.05, 0) is 41.4 Å². The third-order valence-electron chi connectivity index (χ3n) is 2.84. The van der Waals surface area contributed by atoms with Crippen molar-refractivity contribution in [3.8, 4) is 5.75 Å². The molecule has 0 aliphatic carbocycles. The van der Waals surface area contributed by atoms with E-state index in [0.717, 1.165) is 0 Å². The highest BCUT2D eigenvalue weighted by molar-refractivity contribution is 7.77. The lowest BCUT2D eigenvalue weighted by atomic mass is 10.2. The number of benzene rings is 2. The molecule has 2 aromatic rings. The van der Waals surface area contributed by atoms with Crippen molar-refractivity contribution in [2.75, 3.05) is 0 Å². The summed E-state index contributed by atoms with van der Waals surface area (Å²) in [6.07, 6.45) is -1.05. The molecular formula is C15H11ClNO5S-. The van der Waals surface area contributed by atoms with E-state index in [1.54, 1.807) is 30.3 Å². The molecule has 1 unspecified atom stereocenters. The summed E-state index contributed by atoms with van der Waals surface area (Å²) in [6.45, 7) is -0.145. The second-order valence-corrected chi connectivity index (χ2v) is 5.62. The maximum absolute atomic E-state index is 12.0. The van der Waals surface area contributed by atoms with E-state index in [4.69, 9.17) is 16.3 Å². The lowest BCUT2D eigenvalue weighted by molar-refractivity contribution is 0.108. The van der Waals surface area contributed by atoms with E-state index in [1.165, 1.54) is 24.3 Å². The highest BCUT2D eigenvalue weighted by Crippen LogP contribution is 2.16. The number of hydrogen-bond acceptors (Lipinski definition) is 5. The van der Waals surface area contributed by atoms with Crippen LogP contribution in [0.15, 0.2) is 54.6 Å². The molecule has 23 heavy (non-hydrogen) atoms. The third kappa shape index (κ3) is 4.88. The number of carbonyl (C=O) groups excluding carboxylic acids is 2. The Morgan fingerprint density at radius 2 is 1.70 bits per heavy atom. The average molecular weight is 353 g/mol. The third-order valence-corrected chi connectivity index (χ3v) is 3.70. The van der Waals surface area contributed by atoms with Crippen LogP contribution in [0.25, 0.3) is 0 Å². The van der Waals surface area contributed by atoms with Crippen LogP contribution in [-0.4, -0.2) is 24.4 Å². The molecule has 0 N–H and O–H groups in total. The Balaban J connectivity index is 2.09. The fourth-order valence-corrected chi connectivity index (χ4v) is 2.27. The number of amides is 1. The predicted molar refractivity (Wildman–Crippen MR) is 83.6 cm³/mol. The zero-order chi connectivity index (χ0) is 16.8. The van der Waals surface area contributed by atoms with E-state index in [9.17, 15) is 18.4 Å². The Kier molecular flexibility index (Phi) is 5.86. The van der Waals surface area contributed by atoms with Crippen LogP contribution in [0.2, 0.25) is 0 Å². The minimum Gasteiger partial charge on any atom is -0.755 e. The predicted octanol–water partition coefficient (Wildman–Crippen LogP) is 2.86. The summed E-state index contributed by atoms with van der Waals surface area (Å²) in [5, 5.41) is -0.644. The molecule has 1 atom stereocenters. The van der Waals surface area contributed by atoms with Crippen LogP contribution < -0.4 is 4.74 Å². The summed E-state index contributed by atoms with van der Waals surface area (Å²) in [4.78, 5) is 22.9. The van der Waals surface area contributed by atoms with Crippen molar-refractivity contribution in [3.63, 3.8) is 0 Å². The Hall–Kier alpha value is -2.22. The topological polar surface area (TPSA) is 86.7 Å². The Morgan fingerprint density at radius 1 is 1.09 bits per heavy atom. The van der Waals surface area contributed by atoms with E-state index in [-0.39, 0.29) is 17.9 Å². The number of ether oxygens (including phenoxy) is 1. The standard InChI is InChI=1S/C15H12ClNO5S/c16-14(18)12-6-8-13(9-7-12)22-15(19)17(23(20)21)10-11-4-2-1-3-5-11/h1-9H,10H2,(H,20,21)/p-1. The monoisotopic (exact) mass is 352 g/mol. The molecular weight excluding hydrogens is 342 g/mol. The second-order valence-electron chi connectivity index (χ2n) is 4.41. The number of halogens is 1. The normalized spacial score (nSPS) is 11.6. The smallest absolute Gasteiger partial charge is 0.426 e. The summed E-state index contributed by atoms with van der Waals surface area (Å²) < 4.78 is 28.0. The van der Waals surface area contributed by atoms with E-state index in [1.807, 2.05) is 0 Å². The van der Waals surface area contributed by atoms with Crippen LogP contribution in [0, 0.1) is 0 Å². The summed E-state index contributed by atoms with van der Waals surface area (Å²) in [5.41, 5.74) is 0.872. The fourth-order valence-electron chi connectivity index (χ4n) is 1.73. The lowest BCUT2D eigenvalue weighted by Gasteiger charge is -2.23. The van der Waals surface area contributed by atoms with Gasteiger partial charge in [0.25, 0.3) is 5.24 Å². The van der Waals surface area contributed by atoms with E-state index in [2.05, 4.69) is 0 Å². The van der Waals surface area contributed by atoms with Gasteiger partial charge in [-0.1, -0.05) is 30.3 Å². The largest absolute Gasteiger partial charge is 0.755 e. The van der Waals surface area contributed by atoms with Gasteiger partial charge in [0, 0.05) is 5.56 Å². The first-order valence-corrected chi connectivity index (χ1v) is 7.81. The lowest BCUT2D eigenvalue weighted by Crippen LogP contribution is -2.34. The molecule has 0 aliphatic heterocycles. The van der Waals surface area contributed by atoms with Crippen molar-refractivity contribution >= 4 is 34.2 Å². The number of nitrogens with zero attached hydrogens (tertiary/aromatic N) is 1. The van der Waals surface area contributed by atoms with Crippen molar-refractivity contribution < 1.29 is 23.1 Å². The van der Waals surface area contributed by atoms with Gasteiger partial charge in [-0.25, -0.2) is 9.10 Å². The van der Waals surface area contributed by atoms with Crippen LogP contribution in [0.3, 0.4) is 0 Å². The molecule has 0 spiro atoms. The highest BCUT2D eigenvalue weighted by Gasteiger charge is 2.17. The molecule has 0 aliphatic rings. The zero-order valence-corrected chi connectivity index (χ0v) is 13.3. The molecule has 0 radical (unpaired) electrons. The molecule has 1 amide bonds. The van der Waals surface area contributed by atoms with Crippen molar-refractivity contribution in [2.45, 2.75) is 6.54 Å². The maximum Gasteiger partial charge on any atom is 0.426 e. The molecule has 120 valence electrons. The summed E-state index contributed by atoms with van der Waals surface area (Å²) in [7, 11) is 0. The first-order valence-electron chi connectivity index (χ1n) is 6.40. The first-order chi connectivity index (χ1) is 11.0. The second kappa shape index (κ2) is 7.87. The van der Waals surface area contributed by atoms with Crippen LogP contribution >= 0.6 is 11.6 Å². The van der Waals surface area contributed by atoms with Crippen molar-refractivity contribution in [2.24, 2.45) is 0 Å². The van der Waals surface area contributed by atoms with Gasteiger partial charge >= 0.3 is 6.09 Å². The minimum absolute atomic E-state index is 0.0974.